The predicted molar refractivity (Wildman–Crippen MR) is 116 cm³/mol. The molecule has 0 saturated carbocycles. The highest BCUT2D eigenvalue weighted by Gasteiger charge is 2.19. The lowest BCUT2D eigenvalue weighted by molar-refractivity contribution is 0.0696. The maximum Gasteiger partial charge on any atom is 0.335 e. The maximum atomic E-state index is 12.7. The summed E-state index contributed by atoms with van der Waals surface area (Å²) in [5, 5.41) is 11.6. The number of carboxylic acids is 1. The van der Waals surface area contributed by atoms with E-state index in [0.29, 0.717) is 22.7 Å². The van der Waals surface area contributed by atoms with Crippen molar-refractivity contribution in [3.05, 3.63) is 83.4 Å². The standard InChI is InChI=1S/C22H20N2O6S/c1-14-13-16(21(25)23-17-6-3-15(4-7-17)22(26)27)5-12-20(14)31(28,29)24-18-8-10-19(30-2)11-9-18/h3-13,24H,1-2H3,(H,23,25)(H,26,27). The van der Waals surface area contributed by atoms with Gasteiger partial charge in [0.15, 0.2) is 0 Å². The van der Waals surface area contributed by atoms with E-state index < -0.39 is 21.9 Å². The quantitative estimate of drug-likeness (QED) is 0.514. The van der Waals surface area contributed by atoms with Gasteiger partial charge in [-0.15, -0.1) is 0 Å². The second-order valence-corrected chi connectivity index (χ2v) is 8.30. The van der Waals surface area contributed by atoms with Crippen LogP contribution < -0.4 is 14.8 Å². The lowest BCUT2D eigenvalue weighted by atomic mass is 10.1. The molecule has 0 unspecified atom stereocenters. The average molecular weight is 440 g/mol. The molecular formula is C22H20N2O6S. The summed E-state index contributed by atoms with van der Waals surface area (Å²) in [5.41, 5.74) is 1.57. The number of aryl methyl sites for hydroxylation is 1. The fraction of sp³-hybridized carbons (Fsp3) is 0.0909. The molecule has 0 saturated heterocycles. The highest BCUT2D eigenvalue weighted by atomic mass is 32.2. The first-order chi connectivity index (χ1) is 14.7. The Bertz CT molecular complexity index is 1220. The number of aromatic carboxylic acids is 1. The summed E-state index contributed by atoms with van der Waals surface area (Å²) in [7, 11) is -2.34. The zero-order valence-corrected chi connectivity index (χ0v) is 17.6. The second-order valence-electron chi connectivity index (χ2n) is 6.65. The predicted octanol–water partition coefficient (Wildman–Crippen LogP) is 3.75. The molecule has 1 amide bonds. The summed E-state index contributed by atoms with van der Waals surface area (Å²) in [6.07, 6.45) is 0. The summed E-state index contributed by atoms with van der Waals surface area (Å²) in [6, 6.07) is 16.4. The van der Waals surface area contributed by atoms with Gasteiger partial charge in [-0.05, 0) is 79.2 Å². The molecule has 0 bridgehead atoms. The normalized spacial score (nSPS) is 10.9. The van der Waals surface area contributed by atoms with E-state index in [1.54, 1.807) is 31.2 Å². The number of carbonyl (C=O) groups excluding carboxylic acids is 1. The van der Waals surface area contributed by atoms with E-state index in [0.717, 1.165) is 0 Å². The number of nitrogens with one attached hydrogen (secondary N) is 2. The Morgan fingerprint density at radius 2 is 1.45 bits per heavy atom. The topological polar surface area (TPSA) is 122 Å². The van der Waals surface area contributed by atoms with Gasteiger partial charge in [0, 0.05) is 16.9 Å². The third kappa shape index (κ3) is 5.20. The molecule has 3 aromatic carbocycles. The van der Waals surface area contributed by atoms with Crippen LogP contribution in [0.1, 0.15) is 26.3 Å². The van der Waals surface area contributed by atoms with Crippen molar-refractivity contribution in [3.63, 3.8) is 0 Å². The molecular weight excluding hydrogens is 420 g/mol. The molecule has 3 rings (SSSR count). The van der Waals surface area contributed by atoms with Gasteiger partial charge in [-0.1, -0.05) is 0 Å². The maximum absolute atomic E-state index is 12.7. The molecule has 8 nitrogen and oxygen atoms in total. The van der Waals surface area contributed by atoms with E-state index in [2.05, 4.69) is 10.0 Å². The first kappa shape index (κ1) is 21.8. The van der Waals surface area contributed by atoms with E-state index in [9.17, 15) is 18.0 Å². The van der Waals surface area contributed by atoms with Crippen LogP contribution in [-0.2, 0) is 10.0 Å². The third-order valence-corrected chi connectivity index (χ3v) is 6.00. The number of benzene rings is 3. The van der Waals surface area contributed by atoms with Crippen molar-refractivity contribution in [3.8, 4) is 5.75 Å². The number of amides is 1. The molecule has 3 aromatic rings. The Morgan fingerprint density at radius 3 is 2.00 bits per heavy atom. The van der Waals surface area contributed by atoms with Gasteiger partial charge in [-0.2, -0.15) is 0 Å². The minimum absolute atomic E-state index is 0.0469. The van der Waals surface area contributed by atoms with Crippen molar-refractivity contribution in [2.24, 2.45) is 0 Å². The summed E-state index contributed by atoms with van der Waals surface area (Å²) in [5.74, 6) is -0.904. The molecule has 0 atom stereocenters. The summed E-state index contributed by atoms with van der Waals surface area (Å²) in [4.78, 5) is 23.4. The van der Waals surface area contributed by atoms with Crippen molar-refractivity contribution < 1.29 is 27.9 Å². The van der Waals surface area contributed by atoms with Gasteiger partial charge in [-0.25, -0.2) is 13.2 Å². The van der Waals surface area contributed by atoms with Gasteiger partial charge in [0.2, 0.25) is 0 Å². The van der Waals surface area contributed by atoms with E-state index in [4.69, 9.17) is 9.84 Å². The van der Waals surface area contributed by atoms with Crippen molar-refractivity contribution in [1.82, 2.24) is 0 Å². The van der Waals surface area contributed by atoms with Crippen molar-refractivity contribution >= 4 is 33.3 Å². The Labute approximate surface area is 179 Å². The van der Waals surface area contributed by atoms with Crippen LogP contribution in [0.5, 0.6) is 5.75 Å². The Kier molecular flexibility index (Phi) is 6.26. The molecule has 0 heterocycles. The zero-order valence-electron chi connectivity index (χ0n) is 16.7. The number of carbonyl (C=O) groups is 2. The Hall–Kier alpha value is -3.85. The summed E-state index contributed by atoms with van der Waals surface area (Å²) < 4.78 is 33.0. The fourth-order valence-corrected chi connectivity index (χ4v) is 4.15. The summed E-state index contributed by atoms with van der Waals surface area (Å²) in [6.45, 7) is 1.60. The van der Waals surface area contributed by atoms with Crippen LogP contribution in [0.25, 0.3) is 0 Å². The molecule has 3 N–H and O–H groups in total. The molecule has 31 heavy (non-hydrogen) atoms. The number of methoxy groups -OCH3 is 1. The van der Waals surface area contributed by atoms with Crippen molar-refractivity contribution in [2.75, 3.05) is 17.1 Å². The molecule has 0 radical (unpaired) electrons. The number of carboxylic acid groups (broad SMARTS) is 1. The van der Waals surface area contributed by atoms with Gasteiger partial charge in [0.25, 0.3) is 15.9 Å². The van der Waals surface area contributed by atoms with E-state index in [1.807, 2.05) is 0 Å². The van der Waals surface area contributed by atoms with E-state index in [1.165, 1.54) is 49.6 Å². The second kappa shape index (κ2) is 8.88. The average Bonchev–Trinajstić information content (AvgIpc) is 2.74. The Balaban J connectivity index is 1.76. The van der Waals surface area contributed by atoms with Crippen LogP contribution in [0.4, 0.5) is 11.4 Å². The van der Waals surface area contributed by atoms with E-state index in [-0.39, 0.29) is 16.0 Å². The molecule has 0 fully saturated rings. The molecule has 9 heteroatoms. The van der Waals surface area contributed by atoms with Crippen LogP contribution in [-0.4, -0.2) is 32.5 Å². The fourth-order valence-electron chi connectivity index (χ4n) is 2.86. The number of hydrogen-bond acceptors (Lipinski definition) is 5. The molecule has 160 valence electrons. The highest BCUT2D eigenvalue weighted by molar-refractivity contribution is 7.92. The molecule has 0 aliphatic heterocycles. The molecule has 0 aromatic heterocycles. The van der Waals surface area contributed by atoms with Crippen LogP contribution in [0.15, 0.2) is 71.6 Å². The van der Waals surface area contributed by atoms with Gasteiger partial charge in [0.1, 0.15) is 5.75 Å². The van der Waals surface area contributed by atoms with Crippen LogP contribution in [0.2, 0.25) is 0 Å². The molecule has 0 spiro atoms. The Morgan fingerprint density at radius 1 is 0.871 bits per heavy atom. The number of anilines is 2. The van der Waals surface area contributed by atoms with Gasteiger partial charge in [-0.3, -0.25) is 9.52 Å². The van der Waals surface area contributed by atoms with Gasteiger partial charge >= 0.3 is 5.97 Å². The van der Waals surface area contributed by atoms with Crippen LogP contribution in [0, 0.1) is 6.92 Å². The zero-order chi connectivity index (χ0) is 22.6. The monoisotopic (exact) mass is 440 g/mol. The van der Waals surface area contributed by atoms with Crippen LogP contribution in [0.3, 0.4) is 0 Å². The van der Waals surface area contributed by atoms with Crippen molar-refractivity contribution in [1.29, 1.82) is 0 Å². The lowest BCUT2D eigenvalue weighted by Gasteiger charge is -2.12. The number of ether oxygens (including phenoxy) is 1. The lowest BCUT2D eigenvalue weighted by Crippen LogP contribution is -2.16. The minimum atomic E-state index is -3.86. The van der Waals surface area contributed by atoms with Gasteiger partial charge < -0.3 is 15.2 Å². The van der Waals surface area contributed by atoms with E-state index >= 15 is 0 Å². The minimum Gasteiger partial charge on any atom is -0.497 e. The van der Waals surface area contributed by atoms with Gasteiger partial charge in [0.05, 0.1) is 17.6 Å². The first-order valence-corrected chi connectivity index (χ1v) is 10.6. The van der Waals surface area contributed by atoms with Crippen LogP contribution >= 0.6 is 0 Å². The highest BCUT2D eigenvalue weighted by Crippen LogP contribution is 2.23. The molecule has 0 aliphatic rings. The number of hydrogen-bond donors (Lipinski definition) is 3. The molecule has 0 aliphatic carbocycles. The number of sulfonamides is 1. The summed E-state index contributed by atoms with van der Waals surface area (Å²) >= 11 is 0. The van der Waals surface area contributed by atoms with Crippen molar-refractivity contribution in [2.45, 2.75) is 11.8 Å². The third-order valence-electron chi connectivity index (χ3n) is 4.46. The number of rotatable bonds is 7. The smallest absolute Gasteiger partial charge is 0.335 e. The largest absolute Gasteiger partial charge is 0.497 e. The first-order valence-electron chi connectivity index (χ1n) is 9.12. The SMILES string of the molecule is COc1ccc(NS(=O)(=O)c2ccc(C(=O)Nc3ccc(C(=O)O)cc3)cc2C)cc1.